The Balaban J connectivity index is 1.92. The van der Waals surface area contributed by atoms with Gasteiger partial charge in [-0.05, 0) is 55.8 Å². The highest BCUT2D eigenvalue weighted by atomic mass is 16.1. The summed E-state index contributed by atoms with van der Waals surface area (Å²) in [7, 11) is 0. The van der Waals surface area contributed by atoms with Crippen molar-refractivity contribution in [3.8, 4) is 0 Å². The Morgan fingerprint density at radius 1 is 1.21 bits per heavy atom. The van der Waals surface area contributed by atoms with E-state index in [4.69, 9.17) is 0 Å². The summed E-state index contributed by atoms with van der Waals surface area (Å²) >= 11 is 0. The van der Waals surface area contributed by atoms with Crippen LogP contribution in [0.2, 0.25) is 0 Å². The van der Waals surface area contributed by atoms with E-state index in [1.165, 1.54) is 38.5 Å². The Morgan fingerprint density at radius 2 is 1.86 bits per heavy atom. The molecule has 0 aromatic heterocycles. The summed E-state index contributed by atoms with van der Waals surface area (Å²) in [5.41, 5.74) is 0.737. The van der Waals surface area contributed by atoms with E-state index in [2.05, 4.69) is 12.2 Å². The fourth-order valence-corrected chi connectivity index (χ4v) is 5.01. The Kier molecular flexibility index (Phi) is 1.58. The van der Waals surface area contributed by atoms with Crippen LogP contribution in [0.5, 0.6) is 0 Å². The van der Waals surface area contributed by atoms with Crippen LogP contribution >= 0.6 is 0 Å². The van der Waals surface area contributed by atoms with Crippen LogP contribution in [0.1, 0.15) is 45.4 Å². The van der Waals surface area contributed by atoms with Crippen molar-refractivity contribution in [2.75, 3.05) is 0 Å². The van der Waals surface area contributed by atoms with Crippen molar-refractivity contribution in [2.24, 2.45) is 17.3 Å². The maximum absolute atomic E-state index is 10.7. The number of carbonyl (C=O) groups excluding carboxylic acids is 1. The molecule has 0 saturated heterocycles. The Labute approximate surface area is 85.4 Å². The van der Waals surface area contributed by atoms with Crippen LogP contribution in [-0.4, -0.2) is 11.9 Å². The lowest BCUT2D eigenvalue weighted by Crippen LogP contribution is -2.60. The first-order chi connectivity index (χ1) is 6.63. The summed E-state index contributed by atoms with van der Waals surface area (Å²) in [5.74, 6) is 1.79. The number of carbonyl (C=O) groups is 1. The zero-order chi connectivity index (χ0) is 9.81. The molecule has 0 aromatic rings. The van der Waals surface area contributed by atoms with Crippen LogP contribution in [0.15, 0.2) is 0 Å². The molecular formula is C12H19NO. The van der Waals surface area contributed by atoms with Gasteiger partial charge in [0, 0.05) is 5.54 Å². The second kappa shape index (κ2) is 2.53. The standard InChI is InChI=1S/C12H19NO/c1-11-3-9-2-10(4-11)6-12(5-9,7-11)13-8-14/h8-10H,2-7H2,1H3,(H,13,14)/t9-,10-,11?,12?/m0/s1. The third-order valence-electron chi connectivity index (χ3n) is 4.72. The fourth-order valence-electron chi connectivity index (χ4n) is 5.01. The first-order valence-corrected chi connectivity index (χ1v) is 5.85. The van der Waals surface area contributed by atoms with Gasteiger partial charge >= 0.3 is 0 Å². The minimum atomic E-state index is 0.195. The van der Waals surface area contributed by atoms with Crippen molar-refractivity contribution in [3.05, 3.63) is 0 Å². The van der Waals surface area contributed by atoms with Gasteiger partial charge in [-0.1, -0.05) is 6.92 Å². The molecule has 2 nitrogen and oxygen atoms in total. The monoisotopic (exact) mass is 193 g/mol. The molecule has 0 unspecified atom stereocenters. The number of hydrogen-bond acceptors (Lipinski definition) is 1. The molecule has 4 aliphatic rings. The zero-order valence-electron chi connectivity index (χ0n) is 8.88. The second-order valence-corrected chi connectivity index (χ2v) is 6.31. The molecule has 1 N–H and O–H groups in total. The lowest BCUT2D eigenvalue weighted by atomic mass is 9.47. The molecule has 0 aromatic carbocycles. The summed E-state index contributed by atoms with van der Waals surface area (Å²) in [6, 6.07) is 0. The van der Waals surface area contributed by atoms with Crippen LogP contribution in [0.25, 0.3) is 0 Å². The van der Waals surface area contributed by atoms with E-state index in [9.17, 15) is 4.79 Å². The van der Waals surface area contributed by atoms with E-state index in [0.717, 1.165) is 18.2 Å². The van der Waals surface area contributed by atoms with E-state index < -0.39 is 0 Å². The first kappa shape index (κ1) is 8.75. The predicted octanol–water partition coefficient (Wildman–Crippen LogP) is 2.09. The Hall–Kier alpha value is -0.530. The van der Waals surface area contributed by atoms with E-state index in [0.29, 0.717) is 5.41 Å². The highest BCUT2D eigenvalue weighted by Crippen LogP contribution is 2.61. The maximum Gasteiger partial charge on any atom is 0.207 e. The molecule has 1 amide bonds. The summed E-state index contributed by atoms with van der Waals surface area (Å²) in [4.78, 5) is 10.7. The lowest BCUT2D eigenvalue weighted by Gasteiger charge is -2.61. The van der Waals surface area contributed by atoms with Gasteiger partial charge in [-0.2, -0.15) is 0 Å². The zero-order valence-corrected chi connectivity index (χ0v) is 8.88. The minimum absolute atomic E-state index is 0.195. The van der Waals surface area contributed by atoms with Gasteiger partial charge in [0.25, 0.3) is 0 Å². The van der Waals surface area contributed by atoms with E-state index in [-0.39, 0.29) is 5.54 Å². The predicted molar refractivity (Wildman–Crippen MR) is 54.7 cm³/mol. The number of nitrogens with one attached hydrogen (secondary N) is 1. The van der Waals surface area contributed by atoms with E-state index in [1.807, 2.05) is 0 Å². The van der Waals surface area contributed by atoms with Crippen LogP contribution in [0.3, 0.4) is 0 Å². The molecule has 4 rings (SSSR count). The molecule has 0 aliphatic heterocycles. The normalized spacial score (nSPS) is 54.6. The van der Waals surface area contributed by atoms with Crippen LogP contribution in [0, 0.1) is 17.3 Å². The van der Waals surface area contributed by atoms with Gasteiger partial charge in [0.15, 0.2) is 0 Å². The summed E-state index contributed by atoms with van der Waals surface area (Å²) in [6.07, 6.45) is 8.90. The molecule has 4 aliphatic carbocycles. The van der Waals surface area contributed by atoms with E-state index >= 15 is 0 Å². The van der Waals surface area contributed by atoms with Gasteiger partial charge in [0.1, 0.15) is 0 Å². The average Bonchev–Trinajstić information content (AvgIpc) is 1.97. The minimum Gasteiger partial charge on any atom is -0.353 e. The molecular weight excluding hydrogens is 174 g/mol. The van der Waals surface area contributed by atoms with Crippen molar-refractivity contribution < 1.29 is 4.79 Å². The molecule has 4 bridgehead atoms. The summed E-state index contributed by atoms with van der Waals surface area (Å²) in [6.45, 7) is 2.42. The highest BCUT2D eigenvalue weighted by molar-refractivity contribution is 5.48. The molecule has 0 spiro atoms. The molecule has 14 heavy (non-hydrogen) atoms. The molecule has 4 saturated carbocycles. The molecule has 0 heterocycles. The largest absolute Gasteiger partial charge is 0.353 e. The van der Waals surface area contributed by atoms with Gasteiger partial charge in [-0.15, -0.1) is 0 Å². The summed E-state index contributed by atoms with van der Waals surface area (Å²) < 4.78 is 0. The van der Waals surface area contributed by atoms with Gasteiger partial charge in [0.05, 0.1) is 0 Å². The van der Waals surface area contributed by atoms with Crippen molar-refractivity contribution in [1.82, 2.24) is 5.32 Å². The molecule has 4 fully saturated rings. The van der Waals surface area contributed by atoms with Crippen LogP contribution in [0.4, 0.5) is 0 Å². The van der Waals surface area contributed by atoms with Crippen molar-refractivity contribution in [2.45, 2.75) is 51.0 Å². The molecule has 2 atom stereocenters. The maximum atomic E-state index is 10.7. The Morgan fingerprint density at radius 3 is 2.36 bits per heavy atom. The topological polar surface area (TPSA) is 29.1 Å². The SMILES string of the molecule is CC12C[C@@H]3C[C@@H](C1)CC(NC=O)(C3)C2. The van der Waals surface area contributed by atoms with Crippen molar-refractivity contribution in [1.29, 1.82) is 0 Å². The van der Waals surface area contributed by atoms with Crippen molar-refractivity contribution >= 4 is 6.41 Å². The second-order valence-electron chi connectivity index (χ2n) is 6.31. The van der Waals surface area contributed by atoms with Crippen LogP contribution in [-0.2, 0) is 4.79 Å². The fraction of sp³-hybridized carbons (Fsp3) is 0.917. The third-order valence-corrected chi connectivity index (χ3v) is 4.72. The highest BCUT2D eigenvalue weighted by Gasteiger charge is 2.55. The average molecular weight is 193 g/mol. The summed E-state index contributed by atoms with van der Waals surface area (Å²) in [5, 5.41) is 3.13. The van der Waals surface area contributed by atoms with Crippen LogP contribution < -0.4 is 5.32 Å². The third kappa shape index (κ3) is 1.12. The smallest absolute Gasteiger partial charge is 0.207 e. The number of hydrogen-bond donors (Lipinski definition) is 1. The Bertz CT molecular complexity index is 259. The number of amides is 1. The van der Waals surface area contributed by atoms with Gasteiger partial charge in [-0.25, -0.2) is 0 Å². The van der Waals surface area contributed by atoms with Gasteiger partial charge < -0.3 is 5.32 Å². The van der Waals surface area contributed by atoms with Gasteiger partial charge in [-0.3, -0.25) is 4.79 Å². The number of rotatable bonds is 2. The molecule has 2 heteroatoms. The van der Waals surface area contributed by atoms with E-state index in [1.54, 1.807) is 0 Å². The first-order valence-electron chi connectivity index (χ1n) is 5.85. The van der Waals surface area contributed by atoms with Crippen molar-refractivity contribution in [3.63, 3.8) is 0 Å². The quantitative estimate of drug-likeness (QED) is 0.668. The molecule has 0 radical (unpaired) electrons. The molecule has 78 valence electrons. The van der Waals surface area contributed by atoms with Gasteiger partial charge in [0.2, 0.25) is 6.41 Å². The lowest BCUT2D eigenvalue weighted by molar-refractivity contribution is -0.118.